The van der Waals surface area contributed by atoms with Crippen LogP contribution in [-0.2, 0) is 12.8 Å². The van der Waals surface area contributed by atoms with Gasteiger partial charge in [0.1, 0.15) is 0 Å². The first kappa shape index (κ1) is 16.1. The van der Waals surface area contributed by atoms with Crippen LogP contribution >= 0.6 is 23.1 Å². The van der Waals surface area contributed by atoms with E-state index in [9.17, 15) is 4.39 Å². The van der Waals surface area contributed by atoms with Crippen molar-refractivity contribution in [3.05, 3.63) is 92.4 Å². The molecular weight excluding hydrogens is 371 g/mol. The standard InChI is InChI=1S/C24H19FS2/c25-22-13-19-21(27-22)11-9-17-23-16(24(17)19)8-10-20-18(23)12-15(26-20)7-6-14-4-2-1-3-5-14/h1-5,8-11,13,15,17,24H,6-7,12H2. The largest absolute Gasteiger partial charge is 0.195 e. The lowest BCUT2D eigenvalue weighted by Gasteiger charge is -2.42. The van der Waals surface area contributed by atoms with Crippen molar-refractivity contribution in [2.75, 3.05) is 0 Å². The van der Waals surface area contributed by atoms with Crippen molar-refractivity contribution in [2.24, 2.45) is 0 Å². The fourth-order valence-electron chi connectivity index (χ4n) is 5.01. The Morgan fingerprint density at radius 2 is 1.93 bits per heavy atom. The van der Waals surface area contributed by atoms with Crippen molar-refractivity contribution < 1.29 is 4.39 Å². The van der Waals surface area contributed by atoms with Crippen molar-refractivity contribution in [3.63, 3.8) is 0 Å². The quantitative estimate of drug-likeness (QED) is 0.474. The Hall–Kier alpha value is -1.84. The van der Waals surface area contributed by atoms with E-state index in [-0.39, 0.29) is 5.13 Å². The molecule has 3 heteroatoms. The molecule has 0 spiro atoms. The first-order valence-corrected chi connectivity index (χ1v) is 11.3. The molecule has 1 aromatic heterocycles. The lowest BCUT2D eigenvalue weighted by Crippen LogP contribution is -2.27. The van der Waals surface area contributed by atoms with Crippen LogP contribution in [-0.4, -0.2) is 5.25 Å². The predicted octanol–water partition coefficient (Wildman–Crippen LogP) is 6.79. The Balaban J connectivity index is 1.27. The second-order valence-electron chi connectivity index (χ2n) is 7.75. The third-order valence-electron chi connectivity index (χ3n) is 6.25. The zero-order valence-electron chi connectivity index (χ0n) is 14.8. The van der Waals surface area contributed by atoms with E-state index in [1.54, 1.807) is 17.2 Å². The molecule has 3 aliphatic rings. The van der Waals surface area contributed by atoms with Crippen LogP contribution in [0.5, 0.6) is 0 Å². The maximum absolute atomic E-state index is 13.8. The van der Waals surface area contributed by atoms with E-state index in [4.69, 9.17) is 0 Å². The van der Waals surface area contributed by atoms with E-state index >= 15 is 0 Å². The summed E-state index contributed by atoms with van der Waals surface area (Å²) in [6, 6.07) is 17.2. The number of hydrogen-bond acceptors (Lipinski definition) is 2. The van der Waals surface area contributed by atoms with E-state index in [1.165, 1.54) is 45.8 Å². The van der Waals surface area contributed by atoms with Gasteiger partial charge in [0.25, 0.3) is 0 Å². The molecule has 2 aliphatic carbocycles. The summed E-state index contributed by atoms with van der Waals surface area (Å²) >= 11 is 3.34. The SMILES string of the molecule is Fc1cc2c(s1)C=CC1c3c(ccc4c3CC(CCc3ccccc3)S4)C21. The van der Waals surface area contributed by atoms with Gasteiger partial charge in [-0.15, -0.1) is 23.1 Å². The van der Waals surface area contributed by atoms with E-state index in [1.807, 2.05) is 0 Å². The molecule has 27 heavy (non-hydrogen) atoms. The highest BCUT2D eigenvalue weighted by atomic mass is 32.2. The summed E-state index contributed by atoms with van der Waals surface area (Å²) in [6.45, 7) is 0. The van der Waals surface area contributed by atoms with Crippen LogP contribution in [0.2, 0.25) is 0 Å². The minimum absolute atomic E-state index is 0.0589. The highest BCUT2D eigenvalue weighted by molar-refractivity contribution is 8.00. The molecule has 0 amide bonds. The number of halogens is 1. The Kier molecular flexibility index (Phi) is 3.64. The van der Waals surface area contributed by atoms with E-state index in [0.717, 1.165) is 11.3 Å². The third kappa shape index (κ3) is 2.48. The number of rotatable bonds is 3. The summed E-state index contributed by atoms with van der Waals surface area (Å²) in [5.41, 5.74) is 7.18. The lowest BCUT2D eigenvalue weighted by molar-refractivity contribution is 0.599. The van der Waals surface area contributed by atoms with Crippen molar-refractivity contribution >= 4 is 29.2 Å². The Morgan fingerprint density at radius 3 is 2.81 bits per heavy atom. The average Bonchev–Trinajstić information content (AvgIpc) is 3.24. The molecule has 0 N–H and O–H groups in total. The van der Waals surface area contributed by atoms with Crippen molar-refractivity contribution in [2.45, 2.75) is 41.2 Å². The molecule has 0 saturated carbocycles. The molecule has 2 aromatic carbocycles. The smallest absolute Gasteiger partial charge is 0.177 e. The minimum atomic E-state index is -0.0589. The molecule has 0 radical (unpaired) electrons. The molecule has 0 fully saturated rings. The van der Waals surface area contributed by atoms with E-state index < -0.39 is 0 Å². The minimum Gasteiger partial charge on any atom is -0.195 e. The average molecular weight is 391 g/mol. The normalized spacial score (nSPS) is 24.0. The van der Waals surface area contributed by atoms with Gasteiger partial charge < -0.3 is 0 Å². The van der Waals surface area contributed by atoms with Crippen molar-refractivity contribution in [3.8, 4) is 0 Å². The molecule has 6 rings (SSSR count). The fourth-order valence-corrected chi connectivity index (χ4v) is 7.19. The molecule has 1 aliphatic heterocycles. The van der Waals surface area contributed by atoms with E-state index in [2.05, 4.69) is 66.4 Å². The molecule has 0 bridgehead atoms. The van der Waals surface area contributed by atoms with Crippen LogP contribution in [0.4, 0.5) is 4.39 Å². The highest BCUT2D eigenvalue weighted by Gasteiger charge is 2.44. The fraction of sp³-hybridized carbons (Fsp3) is 0.250. The molecule has 3 unspecified atom stereocenters. The lowest BCUT2D eigenvalue weighted by atomic mass is 9.61. The second-order valence-corrected chi connectivity index (χ2v) is 10.1. The highest BCUT2D eigenvalue weighted by Crippen LogP contribution is 2.59. The van der Waals surface area contributed by atoms with Gasteiger partial charge >= 0.3 is 0 Å². The topological polar surface area (TPSA) is 0 Å². The number of thiophene rings is 1. The zero-order valence-corrected chi connectivity index (χ0v) is 16.5. The summed E-state index contributed by atoms with van der Waals surface area (Å²) in [6.07, 6.45) is 8.01. The van der Waals surface area contributed by atoms with Crippen LogP contribution in [0.3, 0.4) is 0 Å². The van der Waals surface area contributed by atoms with Gasteiger partial charge in [-0.2, -0.15) is 4.39 Å². The van der Waals surface area contributed by atoms with Crippen molar-refractivity contribution in [1.29, 1.82) is 0 Å². The monoisotopic (exact) mass is 390 g/mol. The molecule has 0 saturated heterocycles. The summed E-state index contributed by atoms with van der Waals surface area (Å²) < 4.78 is 13.8. The number of allylic oxidation sites excluding steroid dienone is 1. The Bertz CT molecular complexity index is 1060. The van der Waals surface area contributed by atoms with Gasteiger partial charge in [0.15, 0.2) is 5.13 Å². The zero-order chi connectivity index (χ0) is 18.0. The third-order valence-corrected chi connectivity index (χ3v) is 8.53. The van der Waals surface area contributed by atoms with Gasteiger partial charge in [0.05, 0.1) is 0 Å². The molecule has 3 aromatic rings. The van der Waals surface area contributed by atoms with Gasteiger partial charge in [-0.1, -0.05) is 42.5 Å². The predicted molar refractivity (Wildman–Crippen MR) is 112 cm³/mol. The number of thioether (sulfide) groups is 1. The van der Waals surface area contributed by atoms with Crippen LogP contribution in [0.15, 0.2) is 59.5 Å². The second kappa shape index (κ2) is 6.08. The summed E-state index contributed by atoms with van der Waals surface area (Å²) in [7, 11) is 0. The first-order valence-electron chi connectivity index (χ1n) is 9.61. The number of fused-ring (bicyclic) bond motifs is 8. The van der Waals surface area contributed by atoms with Crippen molar-refractivity contribution in [1.82, 2.24) is 0 Å². The van der Waals surface area contributed by atoms with Gasteiger partial charge in [-0.05, 0) is 65.3 Å². The maximum Gasteiger partial charge on any atom is 0.177 e. The van der Waals surface area contributed by atoms with Gasteiger partial charge in [0, 0.05) is 26.9 Å². The van der Waals surface area contributed by atoms with Crippen LogP contribution in [0.1, 0.15) is 51.0 Å². The van der Waals surface area contributed by atoms with Gasteiger partial charge in [0.2, 0.25) is 0 Å². The first-order chi connectivity index (χ1) is 13.3. The van der Waals surface area contributed by atoms with E-state index in [0.29, 0.717) is 17.1 Å². The molecular formula is C24H19FS2. The summed E-state index contributed by atoms with van der Waals surface area (Å²) in [5, 5.41) is 0.615. The van der Waals surface area contributed by atoms with Crippen LogP contribution in [0, 0.1) is 5.13 Å². The van der Waals surface area contributed by atoms with Gasteiger partial charge in [-0.3, -0.25) is 0 Å². The maximum atomic E-state index is 13.8. The van der Waals surface area contributed by atoms with Crippen LogP contribution in [0.25, 0.3) is 6.08 Å². The Morgan fingerprint density at radius 1 is 1.04 bits per heavy atom. The van der Waals surface area contributed by atoms with Crippen LogP contribution < -0.4 is 0 Å². The molecule has 3 atom stereocenters. The Labute approximate surface area is 167 Å². The summed E-state index contributed by atoms with van der Waals surface area (Å²) in [5.74, 6) is 0.823. The number of benzene rings is 2. The van der Waals surface area contributed by atoms with Gasteiger partial charge in [-0.25, -0.2) is 0 Å². The number of aryl methyl sites for hydroxylation is 1. The molecule has 2 heterocycles. The molecule has 134 valence electrons. The number of hydrogen-bond donors (Lipinski definition) is 0. The molecule has 0 nitrogen and oxygen atoms in total. The summed E-state index contributed by atoms with van der Waals surface area (Å²) in [4.78, 5) is 2.58.